The van der Waals surface area contributed by atoms with Crippen LogP contribution in [0.4, 0.5) is 0 Å². The molecule has 0 bridgehead atoms. The van der Waals surface area contributed by atoms with Crippen molar-refractivity contribution in [2.45, 2.75) is 33.7 Å². The zero-order valence-corrected chi connectivity index (χ0v) is 17.0. The van der Waals surface area contributed by atoms with Crippen LogP contribution in [0.25, 0.3) is 5.69 Å². The number of benzene rings is 1. The summed E-state index contributed by atoms with van der Waals surface area (Å²) in [5.74, 6) is 0. The van der Waals surface area contributed by atoms with Crippen LogP contribution in [0.1, 0.15) is 30.3 Å². The molecule has 2 aromatic rings. The summed E-state index contributed by atoms with van der Waals surface area (Å²) < 4.78 is 3.14. The van der Waals surface area contributed by atoms with Crippen molar-refractivity contribution in [2.24, 2.45) is 11.1 Å². The fourth-order valence-electron chi connectivity index (χ4n) is 3.39. The highest BCUT2D eigenvalue weighted by atomic mass is 79.9. The fourth-order valence-corrected chi connectivity index (χ4v) is 3.65. The van der Waals surface area contributed by atoms with Crippen molar-refractivity contribution in [1.29, 1.82) is 0 Å². The first-order valence-electron chi connectivity index (χ1n) is 8.15. The van der Waals surface area contributed by atoms with Gasteiger partial charge in [0.25, 0.3) is 0 Å². The number of hydrogen-bond donors (Lipinski definition) is 1. The van der Waals surface area contributed by atoms with Crippen LogP contribution in [0.5, 0.6) is 0 Å². The number of likely N-dealkylation sites (tertiary alicyclic amines) is 1. The minimum absolute atomic E-state index is 0. The van der Waals surface area contributed by atoms with Crippen LogP contribution in [-0.4, -0.2) is 34.3 Å². The van der Waals surface area contributed by atoms with Crippen molar-refractivity contribution >= 4 is 28.3 Å². The lowest BCUT2D eigenvalue weighted by atomic mass is 9.90. The van der Waals surface area contributed by atoms with Gasteiger partial charge in [-0.2, -0.15) is 5.10 Å². The number of halogens is 2. The van der Waals surface area contributed by atoms with E-state index in [1.54, 1.807) is 0 Å². The number of nitrogens with zero attached hydrogens (tertiary/aromatic N) is 3. The minimum Gasteiger partial charge on any atom is -0.330 e. The summed E-state index contributed by atoms with van der Waals surface area (Å²) in [5, 5.41) is 4.76. The summed E-state index contributed by atoms with van der Waals surface area (Å²) in [7, 11) is 0. The Morgan fingerprint density at radius 1 is 1.25 bits per heavy atom. The summed E-state index contributed by atoms with van der Waals surface area (Å²) in [5.41, 5.74) is 11.0. The molecule has 2 heterocycles. The van der Waals surface area contributed by atoms with E-state index in [1.165, 1.54) is 17.7 Å². The molecule has 6 heteroatoms. The maximum absolute atomic E-state index is 5.93. The van der Waals surface area contributed by atoms with Gasteiger partial charge in [0.05, 0.1) is 11.4 Å². The third-order valence-corrected chi connectivity index (χ3v) is 5.55. The van der Waals surface area contributed by atoms with Gasteiger partial charge in [-0.1, -0.05) is 22.9 Å². The van der Waals surface area contributed by atoms with Gasteiger partial charge in [-0.3, -0.25) is 4.90 Å². The van der Waals surface area contributed by atoms with Gasteiger partial charge < -0.3 is 5.73 Å². The lowest BCUT2D eigenvalue weighted by Crippen LogP contribution is -2.31. The predicted octanol–water partition coefficient (Wildman–Crippen LogP) is 3.84. The quantitative estimate of drug-likeness (QED) is 0.828. The predicted molar refractivity (Wildman–Crippen MR) is 105 cm³/mol. The molecule has 1 aliphatic rings. The highest BCUT2D eigenvalue weighted by Crippen LogP contribution is 2.30. The van der Waals surface area contributed by atoms with Crippen LogP contribution in [0.2, 0.25) is 0 Å². The molecule has 1 saturated heterocycles. The van der Waals surface area contributed by atoms with E-state index >= 15 is 0 Å². The van der Waals surface area contributed by atoms with Crippen molar-refractivity contribution in [3.05, 3.63) is 45.7 Å². The van der Waals surface area contributed by atoms with Gasteiger partial charge in [-0.15, -0.1) is 12.4 Å². The molecule has 0 radical (unpaired) electrons. The van der Waals surface area contributed by atoms with Crippen molar-refractivity contribution in [1.82, 2.24) is 14.7 Å². The molecule has 0 spiro atoms. The van der Waals surface area contributed by atoms with Gasteiger partial charge in [0.1, 0.15) is 0 Å². The van der Waals surface area contributed by atoms with E-state index in [0.29, 0.717) is 0 Å². The van der Waals surface area contributed by atoms with Gasteiger partial charge in [-0.25, -0.2) is 4.68 Å². The van der Waals surface area contributed by atoms with E-state index in [-0.39, 0.29) is 17.8 Å². The normalized spacial score (nSPS) is 21.0. The molecular formula is C18H26BrClN4. The van der Waals surface area contributed by atoms with Crippen molar-refractivity contribution < 1.29 is 0 Å². The summed E-state index contributed by atoms with van der Waals surface area (Å²) in [6.45, 7) is 10.5. The van der Waals surface area contributed by atoms with E-state index in [2.05, 4.69) is 70.5 Å². The monoisotopic (exact) mass is 412 g/mol. The number of rotatable bonds is 4. The van der Waals surface area contributed by atoms with Gasteiger partial charge in [0, 0.05) is 28.8 Å². The van der Waals surface area contributed by atoms with Crippen LogP contribution in [0.15, 0.2) is 28.7 Å². The maximum atomic E-state index is 5.93. The molecule has 1 atom stereocenters. The Morgan fingerprint density at radius 2 is 1.92 bits per heavy atom. The Labute approximate surface area is 158 Å². The molecule has 1 aromatic heterocycles. The first kappa shape index (κ1) is 19.4. The Morgan fingerprint density at radius 3 is 2.50 bits per heavy atom. The minimum atomic E-state index is 0. The Hall–Kier alpha value is -0.880. The van der Waals surface area contributed by atoms with E-state index < -0.39 is 0 Å². The van der Waals surface area contributed by atoms with E-state index in [4.69, 9.17) is 10.8 Å². The lowest BCUT2D eigenvalue weighted by Gasteiger charge is -2.22. The van der Waals surface area contributed by atoms with Crippen LogP contribution in [0, 0.1) is 19.3 Å². The molecule has 2 N–H and O–H groups in total. The average molecular weight is 414 g/mol. The smallest absolute Gasteiger partial charge is 0.0649 e. The summed E-state index contributed by atoms with van der Waals surface area (Å²) >= 11 is 3.49. The average Bonchev–Trinajstić information content (AvgIpc) is 3.04. The summed E-state index contributed by atoms with van der Waals surface area (Å²) in [6.07, 6.45) is 1.18. The zero-order chi connectivity index (χ0) is 16.6. The van der Waals surface area contributed by atoms with E-state index in [1.807, 2.05) is 0 Å². The Balaban J connectivity index is 0.00000208. The zero-order valence-electron chi connectivity index (χ0n) is 14.6. The topological polar surface area (TPSA) is 47.1 Å². The SMILES string of the molecule is Cc1nn(-c2ccc(Br)cc2)c(C)c1CN1CCC(C)(CN)C1.Cl. The summed E-state index contributed by atoms with van der Waals surface area (Å²) in [6, 6.07) is 8.29. The molecule has 1 aromatic carbocycles. The molecular weight excluding hydrogens is 388 g/mol. The van der Waals surface area contributed by atoms with Crippen LogP contribution in [-0.2, 0) is 6.54 Å². The van der Waals surface area contributed by atoms with Crippen LogP contribution in [0.3, 0.4) is 0 Å². The van der Waals surface area contributed by atoms with Crippen LogP contribution < -0.4 is 5.73 Å². The van der Waals surface area contributed by atoms with E-state index in [9.17, 15) is 0 Å². The second-order valence-corrected chi connectivity index (χ2v) is 7.93. The number of hydrogen-bond acceptors (Lipinski definition) is 3. The molecule has 24 heavy (non-hydrogen) atoms. The first-order valence-corrected chi connectivity index (χ1v) is 8.95. The molecule has 4 nitrogen and oxygen atoms in total. The number of aromatic nitrogens is 2. The third kappa shape index (κ3) is 3.85. The lowest BCUT2D eigenvalue weighted by molar-refractivity contribution is 0.273. The highest BCUT2D eigenvalue weighted by molar-refractivity contribution is 9.10. The second-order valence-electron chi connectivity index (χ2n) is 7.01. The largest absolute Gasteiger partial charge is 0.330 e. The van der Waals surface area contributed by atoms with E-state index in [0.717, 1.165) is 42.0 Å². The van der Waals surface area contributed by atoms with Gasteiger partial charge in [0.2, 0.25) is 0 Å². The standard InChI is InChI=1S/C18H25BrN4.ClH/c1-13-17(10-22-9-8-18(3,11-20)12-22)14(2)23(21-13)16-6-4-15(19)5-7-16;/h4-7H,8-12,20H2,1-3H3;1H. The third-order valence-electron chi connectivity index (χ3n) is 5.02. The Bertz CT molecular complexity index is 698. The fraction of sp³-hybridized carbons (Fsp3) is 0.500. The van der Waals surface area contributed by atoms with Gasteiger partial charge in [0.15, 0.2) is 0 Å². The molecule has 0 saturated carbocycles. The molecule has 1 fully saturated rings. The number of aryl methyl sites for hydroxylation is 1. The van der Waals surface area contributed by atoms with Crippen LogP contribution >= 0.6 is 28.3 Å². The first-order chi connectivity index (χ1) is 10.9. The molecule has 3 rings (SSSR count). The molecule has 1 unspecified atom stereocenters. The maximum Gasteiger partial charge on any atom is 0.0649 e. The van der Waals surface area contributed by atoms with Crippen molar-refractivity contribution in [3.63, 3.8) is 0 Å². The molecule has 132 valence electrons. The molecule has 0 aliphatic carbocycles. The van der Waals surface area contributed by atoms with Crippen molar-refractivity contribution in [2.75, 3.05) is 19.6 Å². The van der Waals surface area contributed by atoms with Gasteiger partial charge in [-0.05, 0) is 63.0 Å². The highest BCUT2D eigenvalue weighted by Gasteiger charge is 2.33. The van der Waals surface area contributed by atoms with Gasteiger partial charge >= 0.3 is 0 Å². The number of nitrogens with two attached hydrogens (primary N) is 1. The Kier molecular flexibility index (Phi) is 6.13. The molecule has 0 amide bonds. The molecule has 1 aliphatic heterocycles. The summed E-state index contributed by atoms with van der Waals surface area (Å²) in [4.78, 5) is 2.51. The van der Waals surface area contributed by atoms with Crippen molar-refractivity contribution in [3.8, 4) is 5.69 Å². The second kappa shape index (κ2) is 7.56.